The second-order valence-corrected chi connectivity index (χ2v) is 6.03. The number of nitriles is 1. The van der Waals surface area contributed by atoms with E-state index < -0.39 is 11.4 Å². The van der Waals surface area contributed by atoms with Crippen LogP contribution in [-0.2, 0) is 6.42 Å². The zero-order chi connectivity index (χ0) is 18.7. The molecule has 0 spiro atoms. The molecule has 130 valence electrons. The Kier molecular flexibility index (Phi) is 5.28. The smallest absolute Gasteiger partial charge is 0.271 e. The summed E-state index contributed by atoms with van der Waals surface area (Å²) < 4.78 is 6.16. The number of methoxy groups -OCH3 is 1. The average Bonchev–Trinajstić information content (AvgIpc) is 2.55. The predicted molar refractivity (Wildman–Crippen MR) is 93.2 cm³/mol. The summed E-state index contributed by atoms with van der Waals surface area (Å²) in [7, 11) is 1.56. The number of ether oxygens (including phenoxy) is 1. The van der Waals surface area contributed by atoms with Crippen molar-refractivity contribution in [2.75, 3.05) is 7.11 Å². The first-order valence-corrected chi connectivity index (χ1v) is 7.86. The fourth-order valence-electron chi connectivity index (χ4n) is 2.75. The third-order valence-electron chi connectivity index (χ3n) is 4.07. The summed E-state index contributed by atoms with van der Waals surface area (Å²) in [6.45, 7) is 4.91. The first kappa shape index (κ1) is 18.3. The molecular formula is C19H20N2O4. The highest BCUT2D eigenvalue weighted by Gasteiger charge is 2.24. The van der Waals surface area contributed by atoms with Crippen LogP contribution in [0.1, 0.15) is 46.9 Å². The van der Waals surface area contributed by atoms with Gasteiger partial charge in [-0.1, -0.05) is 12.1 Å². The molecule has 1 heterocycles. The summed E-state index contributed by atoms with van der Waals surface area (Å²) in [4.78, 5) is 25.1. The van der Waals surface area contributed by atoms with Crippen molar-refractivity contribution in [1.82, 2.24) is 4.57 Å². The van der Waals surface area contributed by atoms with Crippen LogP contribution in [-0.4, -0.2) is 22.6 Å². The summed E-state index contributed by atoms with van der Waals surface area (Å²) in [5.41, 5.74) is 0.254. The zero-order valence-corrected chi connectivity index (χ0v) is 14.7. The molecule has 25 heavy (non-hydrogen) atoms. The molecule has 2 aromatic rings. The van der Waals surface area contributed by atoms with E-state index in [1.807, 2.05) is 6.07 Å². The van der Waals surface area contributed by atoms with Crippen LogP contribution in [0.5, 0.6) is 11.6 Å². The van der Waals surface area contributed by atoms with E-state index in [0.717, 1.165) is 10.1 Å². The van der Waals surface area contributed by atoms with Crippen molar-refractivity contribution in [2.45, 2.75) is 33.2 Å². The van der Waals surface area contributed by atoms with Crippen molar-refractivity contribution < 1.29 is 14.6 Å². The second-order valence-electron chi connectivity index (χ2n) is 6.03. The molecule has 0 saturated heterocycles. The van der Waals surface area contributed by atoms with E-state index in [1.165, 1.54) is 6.92 Å². The monoisotopic (exact) mass is 340 g/mol. The molecule has 2 rings (SSSR count). The van der Waals surface area contributed by atoms with Crippen LogP contribution in [0.25, 0.3) is 0 Å². The largest absolute Gasteiger partial charge is 0.497 e. The molecule has 0 fully saturated rings. The predicted octanol–water partition coefficient (Wildman–Crippen LogP) is 2.75. The molecule has 6 heteroatoms. The van der Waals surface area contributed by atoms with Gasteiger partial charge in [0.1, 0.15) is 17.4 Å². The molecule has 1 N–H and O–H groups in total. The Bertz CT molecular complexity index is 903. The van der Waals surface area contributed by atoms with E-state index >= 15 is 0 Å². The molecule has 0 aliphatic carbocycles. The molecule has 0 radical (unpaired) electrons. The summed E-state index contributed by atoms with van der Waals surface area (Å²) in [5.74, 6) is -0.0728. The van der Waals surface area contributed by atoms with Gasteiger partial charge in [-0.15, -0.1) is 0 Å². The maximum absolute atomic E-state index is 12.7. The highest BCUT2D eigenvalue weighted by Crippen LogP contribution is 2.26. The molecule has 1 aromatic carbocycles. The Hall–Kier alpha value is -3.07. The first-order chi connectivity index (χ1) is 11.8. The maximum Gasteiger partial charge on any atom is 0.271 e. The number of benzene rings is 1. The fourth-order valence-corrected chi connectivity index (χ4v) is 2.75. The van der Waals surface area contributed by atoms with Crippen LogP contribution in [0, 0.1) is 18.3 Å². The van der Waals surface area contributed by atoms with Gasteiger partial charge in [0.2, 0.25) is 5.88 Å². The number of pyridine rings is 1. The maximum atomic E-state index is 12.7. The molecule has 0 saturated carbocycles. The van der Waals surface area contributed by atoms with Crippen molar-refractivity contribution in [3.8, 4) is 17.7 Å². The Morgan fingerprint density at radius 3 is 2.40 bits per heavy atom. The minimum atomic E-state index is -0.589. The quantitative estimate of drug-likeness (QED) is 0.845. The van der Waals surface area contributed by atoms with Gasteiger partial charge in [-0.05, 0) is 44.0 Å². The first-order valence-electron chi connectivity index (χ1n) is 7.86. The average molecular weight is 340 g/mol. The van der Waals surface area contributed by atoms with Crippen LogP contribution >= 0.6 is 0 Å². The van der Waals surface area contributed by atoms with E-state index in [1.54, 1.807) is 45.2 Å². The highest BCUT2D eigenvalue weighted by atomic mass is 16.5. The minimum absolute atomic E-state index is 0.0145. The molecule has 0 amide bonds. The number of hydrogen-bond acceptors (Lipinski definition) is 5. The number of carbonyl (C=O) groups excluding carboxylic acids is 1. The van der Waals surface area contributed by atoms with Crippen LogP contribution in [0.3, 0.4) is 0 Å². The van der Waals surface area contributed by atoms with Crippen molar-refractivity contribution in [3.63, 3.8) is 0 Å². The van der Waals surface area contributed by atoms with Crippen molar-refractivity contribution in [3.05, 3.63) is 56.9 Å². The molecule has 0 unspecified atom stereocenters. The van der Waals surface area contributed by atoms with Crippen molar-refractivity contribution in [2.24, 2.45) is 0 Å². The number of carbonyl (C=O) groups is 1. The van der Waals surface area contributed by atoms with Gasteiger partial charge >= 0.3 is 0 Å². The molecule has 0 bridgehead atoms. The lowest BCUT2D eigenvalue weighted by Crippen LogP contribution is -2.28. The molecule has 0 atom stereocenters. The minimum Gasteiger partial charge on any atom is -0.497 e. The van der Waals surface area contributed by atoms with Crippen LogP contribution in [0.15, 0.2) is 29.1 Å². The van der Waals surface area contributed by atoms with Gasteiger partial charge in [0.25, 0.3) is 5.56 Å². The SMILES string of the molecule is COc1ccc(CC(=O)c2c(C)c(C#N)c(=O)n(C(C)C)c2O)cc1. The van der Waals surface area contributed by atoms with E-state index in [4.69, 9.17) is 4.74 Å². The third-order valence-corrected chi connectivity index (χ3v) is 4.07. The Morgan fingerprint density at radius 1 is 1.32 bits per heavy atom. The van der Waals surface area contributed by atoms with Gasteiger partial charge in [-0.2, -0.15) is 5.26 Å². The molecule has 1 aromatic heterocycles. The number of ketones is 1. The van der Waals surface area contributed by atoms with E-state index in [2.05, 4.69) is 0 Å². The van der Waals surface area contributed by atoms with E-state index in [9.17, 15) is 20.0 Å². The van der Waals surface area contributed by atoms with E-state index in [-0.39, 0.29) is 34.9 Å². The summed E-state index contributed by atoms with van der Waals surface area (Å²) in [6, 6.07) is 8.46. The molecule has 6 nitrogen and oxygen atoms in total. The lowest BCUT2D eigenvalue weighted by Gasteiger charge is -2.18. The number of Topliss-reactive ketones (excluding diaryl/α,β-unsaturated/α-hetero) is 1. The topological polar surface area (TPSA) is 92.3 Å². The number of rotatable bonds is 5. The van der Waals surface area contributed by atoms with Crippen LogP contribution < -0.4 is 10.3 Å². The van der Waals surface area contributed by atoms with Gasteiger partial charge in [-0.25, -0.2) is 0 Å². The summed E-state index contributed by atoms with van der Waals surface area (Å²) in [5, 5.41) is 19.8. The van der Waals surface area contributed by atoms with Crippen molar-refractivity contribution in [1.29, 1.82) is 5.26 Å². The third kappa shape index (κ3) is 3.41. The van der Waals surface area contributed by atoms with Gasteiger partial charge in [0, 0.05) is 12.5 Å². The number of aromatic hydroxyl groups is 1. The Morgan fingerprint density at radius 2 is 1.92 bits per heavy atom. The Labute approximate surface area is 145 Å². The van der Waals surface area contributed by atoms with Crippen molar-refractivity contribution >= 4 is 5.78 Å². The molecule has 0 aliphatic heterocycles. The van der Waals surface area contributed by atoms with Crippen LogP contribution in [0.4, 0.5) is 0 Å². The van der Waals surface area contributed by atoms with Gasteiger partial charge in [0.05, 0.1) is 12.7 Å². The normalized spacial score (nSPS) is 10.6. The number of aromatic nitrogens is 1. The highest BCUT2D eigenvalue weighted by molar-refractivity contribution is 6.01. The number of hydrogen-bond donors (Lipinski definition) is 1. The zero-order valence-electron chi connectivity index (χ0n) is 14.7. The lowest BCUT2D eigenvalue weighted by atomic mass is 9.97. The van der Waals surface area contributed by atoms with Gasteiger partial charge in [-0.3, -0.25) is 14.2 Å². The fraction of sp³-hybridized carbons (Fsp3) is 0.316. The standard InChI is InChI=1S/C19H20N2O4/c1-11(2)21-18(23)15(10-20)12(3)17(19(21)24)16(22)9-13-5-7-14(25-4)8-6-13/h5-8,11,24H,9H2,1-4H3. The Balaban J connectivity index is 2.53. The van der Waals surface area contributed by atoms with Gasteiger partial charge in [0.15, 0.2) is 5.78 Å². The van der Waals surface area contributed by atoms with Crippen LogP contribution in [0.2, 0.25) is 0 Å². The lowest BCUT2D eigenvalue weighted by molar-refractivity contribution is 0.0987. The summed E-state index contributed by atoms with van der Waals surface area (Å²) in [6.07, 6.45) is 0.0412. The molecular weight excluding hydrogens is 320 g/mol. The molecule has 0 aliphatic rings. The van der Waals surface area contributed by atoms with E-state index in [0.29, 0.717) is 5.75 Å². The second kappa shape index (κ2) is 7.22. The van der Waals surface area contributed by atoms with Gasteiger partial charge < -0.3 is 9.84 Å². The summed E-state index contributed by atoms with van der Waals surface area (Å²) >= 11 is 0. The number of nitrogens with zero attached hydrogens (tertiary/aromatic N) is 2.